The molecule has 2 heterocycles. The third-order valence-electron chi connectivity index (χ3n) is 5.45. The van der Waals surface area contributed by atoms with Gasteiger partial charge in [-0.1, -0.05) is 29.5 Å². The average molecular weight is 454 g/mol. The summed E-state index contributed by atoms with van der Waals surface area (Å²) in [5.74, 6) is 1.47. The van der Waals surface area contributed by atoms with Gasteiger partial charge in [0.2, 0.25) is 11.8 Å². The SMILES string of the molecule is CCOc1ccc2nc(NC(=O)C3CCN(C(=O)CCOc4ccccc4)CC3)sc2c1. The van der Waals surface area contributed by atoms with Gasteiger partial charge in [0, 0.05) is 19.0 Å². The summed E-state index contributed by atoms with van der Waals surface area (Å²) < 4.78 is 12.1. The average Bonchev–Trinajstić information content (AvgIpc) is 3.21. The summed E-state index contributed by atoms with van der Waals surface area (Å²) in [6.07, 6.45) is 1.63. The molecule has 0 unspecified atom stereocenters. The Morgan fingerprint density at radius 1 is 1.09 bits per heavy atom. The van der Waals surface area contributed by atoms with Gasteiger partial charge in [0.15, 0.2) is 5.13 Å². The maximum Gasteiger partial charge on any atom is 0.229 e. The zero-order valence-electron chi connectivity index (χ0n) is 18.1. The van der Waals surface area contributed by atoms with E-state index >= 15 is 0 Å². The second-order valence-corrected chi connectivity index (χ2v) is 8.67. The van der Waals surface area contributed by atoms with Crippen LogP contribution in [0.1, 0.15) is 26.2 Å². The molecule has 4 rings (SSSR count). The lowest BCUT2D eigenvalue weighted by Gasteiger charge is -2.31. The largest absolute Gasteiger partial charge is 0.494 e. The predicted octanol–water partition coefficient (Wildman–Crippen LogP) is 4.34. The third-order valence-corrected chi connectivity index (χ3v) is 6.38. The van der Waals surface area contributed by atoms with Gasteiger partial charge < -0.3 is 19.7 Å². The Morgan fingerprint density at radius 2 is 1.88 bits per heavy atom. The standard InChI is InChI=1S/C24H27N3O4S/c1-2-30-19-8-9-20-21(16-19)32-24(25-20)26-23(29)17-10-13-27(14-11-17)22(28)12-15-31-18-6-4-3-5-7-18/h3-9,16-17H,2,10-15H2,1H3,(H,25,26,29). The maximum absolute atomic E-state index is 12.7. The van der Waals surface area contributed by atoms with Crippen molar-refractivity contribution in [1.29, 1.82) is 0 Å². The highest BCUT2D eigenvalue weighted by molar-refractivity contribution is 7.22. The minimum atomic E-state index is -0.120. The van der Waals surface area contributed by atoms with Crippen LogP contribution >= 0.6 is 11.3 Å². The summed E-state index contributed by atoms with van der Waals surface area (Å²) in [6, 6.07) is 15.2. The Labute approximate surface area is 191 Å². The molecule has 2 amide bonds. The number of amides is 2. The van der Waals surface area contributed by atoms with Gasteiger partial charge in [-0.05, 0) is 50.1 Å². The van der Waals surface area contributed by atoms with Crippen molar-refractivity contribution in [2.45, 2.75) is 26.2 Å². The lowest BCUT2D eigenvalue weighted by atomic mass is 9.96. The number of anilines is 1. The summed E-state index contributed by atoms with van der Waals surface area (Å²) in [5.41, 5.74) is 0.840. The molecule has 1 aromatic heterocycles. The van der Waals surface area contributed by atoms with Gasteiger partial charge in [-0.25, -0.2) is 4.98 Å². The fourth-order valence-electron chi connectivity index (χ4n) is 3.74. The number of carbonyl (C=O) groups excluding carboxylic acids is 2. The van der Waals surface area contributed by atoms with Crippen molar-refractivity contribution in [1.82, 2.24) is 9.88 Å². The summed E-state index contributed by atoms with van der Waals surface area (Å²) in [7, 11) is 0. The van der Waals surface area contributed by atoms with Crippen molar-refractivity contribution in [2.24, 2.45) is 5.92 Å². The first-order chi connectivity index (χ1) is 15.6. The van der Waals surface area contributed by atoms with Gasteiger partial charge in [-0.15, -0.1) is 0 Å². The van der Waals surface area contributed by atoms with Crippen LogP contribution in [-0.2, 0) is 9.59 Å². The molecule has 0 radical (unpaired) electrons. The van der Waals surface area contributed by atoms with Gasteiger partial charge in [0.05, 0.1) is 29.9 Å². The Hall–Kier alpha value is -3.13. The number of likely N-dealkylation sites (tertiary alicyclic amines) is 1. The second-order valence-electron chi connectivity index (χ2n) is 7.64. The van der Waals surface area contributed by atoms with Crippen molar-refractivity contribution in [2.75, 3.05) is 31.6 Å². The zero-order chi connectivity index (χ0) is 22.3. The molecule has 1 aliphatic rings. The molecule has 0 bridgehead atoms. The first-order valence-electron chi connectivity index (χ1n) is 10.9. The fourth-order valence-corrected chi connectivity index (χ4v) is 4.64. The van der Waals surface area contributed by atoms with Crippen molar-refractivity contribution in [3.05, 3.63) is 48.5 Å². The number of benzene rings is 2. The van der Waals surface area contributed by atoms with E-state index in [0.29, 0.717) is 50.7 Å². The smallest absolute Gasteiger partial charge is 0.229 e. The number of ether oxygens (including phenoxy) is 2. The summed E-state index contributed by atoms with van der Waals surface area (Å²) in [4.78, 5) is 31.5. The van der Waals surface area contributed by atoms with E-state index in [2.05, 4.69) is 10.3 Å². The molecule has 2 aromatic carbocycles. The summed E-state index contributed by atoms with van der Waals surface area (Å²) in [5, 5.41) is 3.55. The monoisotopic (exact) mass is 453 g/mol. The summed E-state index contributed by atoms with van der Waals surface area (Å²) >= 11 is 1.44. The minimum absolute atomic E-state index is 0.0337. The highest BCUT2D eigenvalue weighted by atomic mass is 32.1. The highest BCUT2D eigenvalue weighted by Gasteiger charge is 2.27. The van der Waals surface area contributed by atoms with Crippen molar-refractivity contribution in [3.8, 4) is 11.5 Å². The van der Waals surface area contributed by atoms with E-state index in [4.69, 9.17) is 9.47 Å². The van der Waals surface area contributed by atoms with E-state index in [0.717, 1.165) is 21.7 Å². The van der Waals surface area contributed by atoms with E-state index in [9.17, 15) is 9.59 Å². The fraction of sp³-hybridized carbons (Fsp3) is 0.375. The third kappa shape index (κ3) is 5.56. The number of nitrogens with one attached hydrogen (secondary N) is 1. The number of rotatable bonds is 8. The molecule has 0 atom stereocenters. The number of hydrogen-bond donors (Lipinski definition) is 1. The number of thiazole rings is 1. The first-order valence-corrected chi connectivity index (χ1v) is 11.7. The summed E-state index contributed by atoms with van der Waals surface area (Å²) in [6.45, 7) is 4.07. The number of hydrogen-bond acceptors (Lipinski definition) is 6. The topological polar surface area (TPSA) is 80.8 Å². The number of para-hydroxylation sites is 1. The minimum Gasteiger partial charge on any atom is -0.494 e. The van der Waals surface area contributed by atoms with Crippen LogP contribution in [0.4, 0.5) is 5.13 Å². The molecule has 1 fully saturated rings. The molecule has 0 aliphatic carbocycles. The van der Waals surface area contributed by atoms with Crippen LogP contribution in [0.3, 0.4) is 0 Å². The van der Waals surface area contributed by atoms with Crippen LogP contribution in [0.2, 0.25) is 0 Å². The number of piperidine rings is 1. The molecular formula is C24H27N3O4S. The van der Waals surface area contributed by atoms with Crippen LogP contribution in [0.25, 0.3) is 10.2 Å². The Balaban J connectivity index is 1.23. The van der Waals surface area contributed by atoms with E-state index < -0.39 is 0 Å². The molecule has 32 heavy (non-hydrogen) atoms. The van der Waals surface area contributed by atoms with Gasteiger partial charge in [0.25, 0.3) is 0 Å². The first kappa shape index (κ1) is 22.1. The Kier molecular flexibility index (Phi) is 7.21. The van der Waals surface area contributed by atoms with Crippen molar-refractivity contribution < 1.29 is 19.1 Å². The van der Waals surface area contributed by atoms with Crippen LogP contribution in [0.5, 0.6) is 11.5 Å². The molecule has 1 saturated heterocycles. The van der Waals surface area contributed by atoms with E-state index in [1.807, 2.05) is 60.4 Å². The molecule has 168 valence electrons. The normalized spacial score (nSPS) is 14.3. The molecule has 3 aromatic rings. The molecular weight excluding hydrogens is 426 g/mol. The Bertz CT molecular complexity index is 1060. The molecule has 0 saturated carbocycles. The van der Waals surface area contributed by atoms with Gasteiger partial charge >= 0.3 is 0 Å². The lowest BCUT2D eigenvalue weighted by Crippen LogP contribution is -2.41. The van der Waals surface area contributed by atoms with Crippen LogP contribution in [0.15, 0.2) is 48.5 Å². The van der Waals surface area contributed by atoms with Gasteiger partial charge in [0.1, 0.15) is 11.5 Å². The highest BCUT2D eigenvalue weighted by Crippen LogP contribution is 2.30. The number of carbonyl (C=O) groups is 2. The zero-order valence-corrected chi connectivity index (χ0v) is 18.9. The molecule has 1 aliphatic heterocycles. The molecule has 8 heteroatoms. The van der Waals surface area contributed by atoms with Crippen molar-refractivity contribution in [3.63, 3.8) is 0 Å². The van der Waals surface area contributed by atoms with Crippen molar-refractivity contribution >= 4 is 38.5 Å². The van der Waals surface area contributed by atoms with E-state index in [1.165, 1.54) is 11.3 Å². The number of aromatic nitrogens is 1. The quantitative estimate of drug-likeness (QED) is 0.549. The van der Waals surface area contributed by atoms with E-state index in [-0.39, 0.29) is 17.7 Å². The van der Waals surface area contributed by atoms with Crippen LogP contribution in [-0.4, -0.2) is 48.0 Å². The second kappa shape index (κ2) is 10.5. The molecule has 1 N–H and O–H groups in total. The van der Waals surface area contributed by atoms with Gasteiger partial charge in [-0.3, -0.25) is 9.59 Å². The lowest BCUT2D eigenvalue weighted by molar-refractivity contribution is -0.135. The Morgan fingerprint density at radius 3 is 2.62 bits per heavy atom. The predicted molar refractivity (Wildman–Crippen MR) is 125 cm³/mol. The maximum atomic E-state index is 12.7. The van der Waals surface area contributed by atoms with E-state index in [1.54, 1.807) is 0 Å². The number of nitrogens with zero attached hydrogens (tertiary/aromatic N) is 2. The van der Waals surface area contributed by atoms with Crippen LogP contribution < -0.4 is 14.8 Å². The number of fused-ring (bicyclic) bond motifs is 1. The molecule has 0 spiro atoms. The van der Waals surface area contributed by atoms with Gasteiger partial charge in [-0.2, -0.15) is 0 Å². The molecule has 7 nitrogen and oxygen atoms in total. The van der Waals surface area contributed by atoms with Crippen LogP contribution in [0, 0.1) is 5.92 Å².